The number of aromatic nitrogens is 2. The number of aromatic amines is 1. The summed E-state index contributed by atoms with van der Waals surface area (Å²) in [6.45, 7) is 2.98. The van der Waals surface area contributed by atoms with Gasteiger partial charge in [-0.3, -0.25) is 23.7 Å². The van der Waals surface area contributed by atoms with E-state index in [1.54, 1.807) is 37.3 Å². The molecule has 2 aromatic rings. The lowest BCUT2D eigenvalue weighted by Gasteiger charge is -2.32. The molecule has 13 heteroatoms. The molecule has 2 N–H and O–H groups in total. The molecule has 0 saturated carbocycles. The van der Waals surface area contributed by atoms with Crippen molar-refractivity contribution in [2.24, 2.45) is 0 Å². The number of ether oxygens (including phenoxy) is 3. The van der Waals surface area contributed by atoms with Crippen LogP contribution in [0.25, 0.3) is 0 Å². The van der Waals surface area contributed by atoms with Gasteiger partial charge in [-0.05, 0) is 26.0 Å². The van der Waals surface area contributed by atoms with Gasteiger partial charge in [0.1, 0.15) is 23.5 Å². The Kier molecular flexibility index (Phi) is 6.79. The lowest BCUT2D eigenvalue weighted by molar-refractivity contribution is -0.182. The highest BCUT2D eigenvalue weighted by molar-refractivity contribution is 7.52. The van der Waals surface area contributed by atoms with E-state index in [4.69, 9.17) is 23.3 Å². The maximum absolute atomic E-state index is 13.6. The van der Waals surface area contributed by atoms with Crippen LogP contribution in [0.1, 0.15) is 25.1 Å². The lowest BCUT2D eigenvalue weighted by Crippen LogP contribution is -2.43. The minimum absolute atomic E-state index is 0.142. The number of benzene rings is 1. The number of carbonyl (C=O) groups is 1. The maximum atomic E-state index is 13.6. The summed E-state index contributed by atoms with van der Waals surface area (Å²) in [5.74, 6) is -0.373. The quantitative estimate of drug-likeness (QED) is 0.385. The van der Waals surface area contributed by atoms with Gasteiger partial charge in [0.15, 0.2) is 6.23 Å². The molecule has 3 unspecified atom stereocenters. The normalized spacial score (nSPS) is 26.1. The van der Waals surface area contributed by atoms with Crippen molar-refractivity contribution in [2.75, 3.05) is 20.3 Å². The first-order chi connectivity index (χ1) is 16.1. The van der Waals surface area contributed by atoms with Crippen molar-refractivity contribution in [3.8, 4) is 5.75 Å². The number of nitrogens with zero attached hydrogens (tertiary/aromatic N) is 1. The molecule has 0 amide bonds. The van der Waals surface area contributed by atoms with Crippen LogP contribution in [0.5, 0.6) is 5.75 Å². The number of esters is 1. The van der Waals surface area contributed by atoms with Crippen LogP contribution in [0, 0.1) is 6.92 Å². The molecule has 2 bridgehead atoms. The van der Waals surface area contributed by atoms with E-state index >= 15 is 0 Å². The summed E-state index contributed by atoms with van der Waals surface area (Å²) in [5.41, 5.74) is -1.77. The van der Waals surface area contributed by atoms with Gasteiger partial charge in [-0.25, -0.2) is 9.36 Å². The fourth-order valence-electron chi connectivity index (χ4n) is 3.87. The number of carbonyl (C=O) groups excluding carboxylic acids is 1. The van der Waals surface area contributed by atoms with Crippen molar-refractivity contribution in [3.63, 3.8) is 0 Å². The van der Waals surface area contributed by atoms with E-state index in [0.717, 1.165) is 0 Å². The summed E-state index contributed by atoms with van der Waals surface area (Å²) in [7, 11) is -2.86. The van der Waals surface area contributed by atoms with E-state index < -0.39 is 48.9 Å². The number of aryl methyl sites for hydroxylation is 1. The highest BCUT2D eigenvalue weighted by Gasteiger charge is 2.55. The SMILES string of the molecule is COC(=O)C(C)NP(=O)(OCC12CO[C@H](C1)[C@H](n1cc(C)c(=O)[nH]c1=O)O2)Oc1ccccc1. The van der Waals surface area contributed by atoms with Gasteiger partial charge in [-0.2, -0.15) is 5.09 Å². The van der Waals surface area contributed by atoms with E-state index in [1.165, 1.54) is 24.8 Å². The Morgan fingerprint density at radius 3 is 2.79 bits per heavy atom. The first-order valence-electron chi connectivity index (χ1n) is 10.6. The van der Waals surface area contributed by atoms with Crippen molar-refractivity contribution in [1.82, 2.24) is 14.6 Å². The third-order valence-corrected chi connectivity index (χ3v) is 7.24. The largest absolute Gasteiger partial charge is 0.468 e. The van der Waals surface area contributed by atoms with Crippen molar-refractivity contribution in [2.45, 2.75) is 44.2 Å². The number of fused-ring (bicyclic) bond motifs is 2. The predicted molar refractivity (Wildman–Crippen MR) is 119 cm³/mol. The first kappa shape index (κ1) is 24.4. The van der Waals surface area contributed by atoms with Gasteiger partial charge in [0.25, 0.3) is 5.56 Å². The van der Waals surface area contributed by atoms with Crippen molar-refractivity contribution in [3.05, 3.63) is 62.9 Å². The van der Waals surface area contributed by atoms with Gasteiger partial charge < -0.3 is 18.7 Å². The maximum Gasteiger partial charge on any atom is 0.459 e. The molecule has 12 nitrogen and oxygen atoms in total. The third-order valence-electron chi connectivity index (χ3n) is 5.62. The topological polar surface area (TPSA) is 147 Å². The summed E-state index contributed by atoms with van der Waals surface area (Å²) in [4.78, 5) is 38.2. The van der Waals surface area contributed by atoms with Crippen molar-refractivity contribution < 1.29 is 32.6 Å². The molecule has 1 aromatic heterocycles. The van der Waals surface area contributed by atoms with Gasteiger partial charge in [0.05, 0.1) is 20.3 Å². The molecule has 2 saturated heterocycles. The zero-order valence-electron chi connectivity index (χ0n) is 18.9. The molecule has 2 aliphatic rings. The van der Waals surface area contributed by atoms with Crippen LogP contribution in [0.4, 0.5) is 0 Å². The number of rotatable bonds is 9. The molecule has 184 valence electrons. The molecule has 0 spiro atoms. The second kappa shape index (κ2) is 9.47. The van der Waals surface area contributed by atoms with E-state index in [2.05, 4.69) is 10.1 Å². The second-order valence-electron chi connectivity index (χ2n) is 8.27. The molecular formula is C21H26N3O9P. The van der Waals surface area contributed by atoms with Crippen LogP contribution in [0.3, 0.4) is 0 Å². The van der Waals surface area contributed by atoms with Gasteiger partial charge in [0.2, 0.25) is 0 Å². The summed E-state index contributed by atoms with van der Waals surface area (Å²) >= 11 is 0. The number of hydrogen-bond donors (Lipinski definition) is 2. The van der Waals surface area contributed by atoms with Gasteiger partial charge in [0, 0.05) is 18.2 Å². The molecule has 4 rings (SSSR count). The van der Waals surface area contributed by atoms with Crippen LogP contribution in [0.15, 0.2) is 46.1 Å². The number of para-hydroxylation sites is 1. The Bertz CT molecular complexity index is 1210. The number of methoxy groups -OCH3 is 1. The van der Waals surface area contributed by atoms with E-state index in [9.17, 15) is 18.9 Å². The molecule has 5 atom stereocenters. The van der Waals surface area contributed by atoms with Crippen LogP contribution in [0.2, 0.25) is 0 Å². The van der Waals surface area contributed by atoms with E-state index in [-0.39, 0.29) is 19.0 Å². The zero-order valence-corrected chi connectivity index (χ0v) is 19.8. The fourth-order valence-corrected chi connectivity index (χ4v) is 5.43. The third kappa shape index (κ3) is 5.01. The standard InChI is InChI=1S/C21H26N3O9P/c1-13-10-24(20(27)22-17(13)25)18-16-9-21(32-18,11-30-16)12-31-34(28,23-14(2)19(26)29-3)33-15-7-5-4-6-8-15/h4-8,10,14,16,18H,9,11-12H2,1-3H3,(H,23,28)(H,22,25,27)/t14?,16-,18-,21?,34?/m1/s1. The van der Waals surface area contributed by atoms with Crippen LogP contribution in [-0.2, 0) is 28.1 Å². The molecule has 3 heterocycles. The molecule has 0 radical (unpaired) electrons. The highest BCUT2D eigenvalue weighted by Crippen LogP contribution is 2.50. The molecule has 0 aliphatic carbocycles. The van der Waals surface area contributed by atoms with Crippen molar-refractivity contribution in [1.29, 1.82) is 0 Å². The second-order valence-corrected chi connectivity index (χ2v) is 9.97. The van der Waals surface area contributed by atoms with Crippen LogP contribution >= 0.6 is 7.75 Å². The summed E-state index contributed by atoms with van der Waals surface area (Å²) in [6, 6.07) is 7.38. The number of hydrogen-bond acceptors (Lipinski definition) is 9. The average Bonchev–Trinajstić information content (AvgIpc) is 3.39. The average molecular weight is 495 g/mol. The Labute approximate surface area is 194 Å². The summed E-state index contributed by atoms with van der Waals surface area (Å²) < 4.78 is 42.8. The first-order valence-corrected chi connectivity index (χ1v) is 12.1. The van der Waals surface area contributed by atoms with Gasteiger partial charge in [-0.15, -0.1) is 0 Å². The number of H-pyrrole nitrogens is 1. The molecule has 34 heavy (non-hydrogen) atoms. The van der Waals surface area contributed by atoms with Gasteiger partial charge >= 0.3 is 19.4 Å². The smallest absolute Gasteiger partial charge is 0.459 e. The molecule has 2 fully saturated rings. The van der Waals surface area contributed by atoms with E-state index in [0.29, 0.717) is 12.0 Å². The Morgan fingerprint density at radius 2 is 2.09 bits per heavy atom. The minimum atomic E-state index is -4.07. The molecule has 1 aromatic carbocycles. The fraction of sp³-hybridized carbons (Fsp3) is 0.476. The highest BCUT2D eigenvalue weighted by atomic mass is 31.2. The zero-order chi connectivity index (χ0) is 24.5. The monoisotopic (exact) mass is 495 g/mol. The van der Waals surface area contributed by atoms with Crippen LogP contribution in [-0.4, -0.2) is 53.6 Å². The van der Waals surface area contributed by atoms with Gasteiger partial charge in [-0.1, -0.05) is 18.2 Å². The number of nitrogens with one attached hydrogen (secondary N) is 2. The van der Waals surface area contributed by atoms with Crippen molar-refractivity contribution >= 4 is 13.7 Å². The Hall–Kier alpha value is -2.76. The predicted octanol–water partition coefficient (Wildman–Crippen LogP) is 1.26. The van der Waals surface area contributed by atoms with Crippen LogP contribution < -0.4 is 20.9 Å². The summed E-state index contributed by atoms with van der Waals surface area (Å²) in [6.07, 6.45) is 0.507. The lowest BCUT2D eigenvalue weighted by atomic mass is 10.0. The Balaban J connectivity index is 1.52. The Morgan fingerprint density at radius 1 is 1.35 bits per heavy atom. The summed E-state index contributed by atoms with van der Waals surface area (Å²) in [5, 5.41) is 2.58. The van der Waals surface area contributed by atoms with E-state index in [1.807, 2.05) is 0 Å². The molecule has 2 aliphatic heterocycles. The minimum Gasteiger partial charge on any atom is -0.468 e. The molecular weight excluding hydrogens is 469 g/mol.